The first-order chi connectivity index (χ1) is 8.24. The highest BCUT2D eigenvalue weighted by molar-refractivity contribution is 7.10. The maximum atomic E-state index is 5.76. The van der Waals surface area contributed by atoms with Crippen LogP contribution in [0.25, 0.3) is 11.3 Å². The van der Waals surface area contributed by atoms with Gasteiger partial charge in [0, 0.05) is 10.9 Å². The molecule has 2 aromatic rings. The Labute approximate surface area is 111 Å². The van der Waals surface area contributed by atoms with Crippen molar-refractivity contribution in [2.75, 3.05) is 0 Å². The van der Waals surface area contributed by atoms with E-state index in [-0.39, 0.29) is 0 Å². The fraction of sp³-hybridized carbons (Fsp3) is 0.357. The lowest BCUT2D eigenvalue weighted by Gasteiger charge is -2.08. The summed E-state index contributed by atoms with van der Waals surface area (Å²) in [6.07, 6.45) is 1.17. The predicted octanol–water partition coefficient (Wildman–Crippen LogP) is 5.06. The van der Waals surface area contributed by atoms with Gasteiger partial charge in [-0.1, -0.05) is 38.1 Å². The molecule has 2 rings (SSSR count). The lowest BCUT2D eigenvalue weighted by Crippen LogP contribution is -1.90. The largest absolute Gasteiger partial charge is 0.240 e. The molecule has 90 valence electrons. The Morgan fingerprint density at radius 3 is 2.53 bits per heavy atom. The van der Waals surface area contributed by atoms with Crippen LogP contribution in [0.3, 0.4) is 0 Å². The van der Waals surface area contributed by atoms with Crippen LogP contribution in [0, 0.1) is 0 Å². The van der Waals surface area contributed by atoms with Gasteiger partial charge in [-0.15, -0.1) is 22.9 Å². The molecular weight excluding hydrogens is 250 g/mol. The second-order valence-electron chi connectivity index (χ2n) is 4.19. The number of thiazole rings is 1. The summed E-state index contributed by atoms with van der Waals surface area (Å²) in [4.78, 5) is 4.48. The van der Waals surface area contributed by atoms with Crippen molar-refractivity contribution in [3.63, 3.8) is 0 Å². The van der Waals surface area contributed by atoms with Crippen LogP contribution in [0.4, 0.5) is 0 Å². The maximum Gasteiger partial charge on any atom is 0.108 e. The molecule has 0 aliphatic rings. The van der Waals surface area contributed by atoms with E-state index >= 15 is 0 Å². The van der Waals surface area contributed by atoms with Gasteiger partial charge in [0.1, 0.15) is 5.01 Å². The smallest absolute Gasteiger partial charge is 0.108 e. The summed E-state index contributed by atoms with van der Waals surface area (Å²) < 4.78 is 0. The third-order valence-electron chi connectivity index (χ3n) is 3.05. The number of hydrogen-bond acceptors (Lipinski definition) is 2. The molecule has 17 heavy (non-hydrogen) atoms. The van der Waals surface area contributed by atoms with Crippen LogP contribution >= 0.6 is 22.9 Å². The van der Waals surface area contributed by atoms with Crippen LogP contribution in [0.15, 0.2) is 29.6 Å². The average molecular weight is 266 g/mol. The summed E-state index contributed by atoms with van der Waals surface area (Å²) in [5.41, 5.74) is 3.59. The van der Waals surface area contributed by atoms with Crippen molar-refractivity contribution in [2.45, 2.75) is 32.1 Å². The van der Waals surface area contributed by atoms with E-state index in [1.165, 1.54) is 17.5 Å². The standard InChI is InChI=1S/C14H16ClNS/c1-3-10(2)11-4-6-12(7-5-11)13-9-17-14(8-15)16-13/h4-7,9-10H,3,8H2,1-2H3. The summed E-state index contributed by atoms with van der Waals surface area (Å²) in [5.74, 6) is 1.12. The lowest BCUT2D eigenvalue weighted by molar-refractivity contribution is 0.734. The van der Waals surface area contributed by atoms with Crippen molar-refractivity contribution in [3.8, 4) is 11.3 Å². The fourth-order valence-electron chi connectivity index (χ4n) is 1.72. The van der Waals surface area contributed by atoms with Gasteiger partial charge in [0.2, 0.25) is 0 Å². The quantitative estimate of drug-likeness (QED) is 0.704. The van der Waals surface area contributed by atoms with Gasteiger partial charge in [0.25, 0.3) is 0 Å². The first kappa shape index (κ1) is 12.6. The van der Waals surface area contributed by atoms with Gasteiger partial charge in [-0.05, 0) is 17.9 Å². The molecule has 0 saturated heterocycles. The number of nitrogens with zero attached hydrogens (tertiary/aromatic N) is 1. The minimum atomic E-state index is 0.496. The average Bonchev–Trinajstić information content (AvgIpc) is 2.87. The van der Waals surface area contributed by atoms with Crippen LogP contribution in [-0.4, -0.2) is 4.98 Å². The van der Waals surface area contributed by atoms with Crippen LogP contribution in [-0.2, 0) is 5.88 Å². The Bertz CT molecular complexity index is 475. The first-order valence-electron chi connectivity index (χ1n) is 5.85. The van der Waals surface area contributed by atoms with E-state index in [1.54, 1.807) is 11.3 Å². The third kappa shape index (κ3) is 2.88. The SMILES string of the molecule is CCC(C)c1ccc(-c2csc(CCl)n2)cc1. The van der Waals surface area contributed by atoms with Crippen LogP contribution < -0.4 is 0 Å². The molecule has 0 spiro atoms. The van der Waals surface area contributed by atoms with Crippen molar-refractivity contribution in [1.29, 1.82) is 0 Å². The molecule has 0 radical (unpaired) electrons. The molecule has 0 N–H and O–H groups in total. The molecule has 0 aliphatic heterocycles. The Balaban J connectivity index is 2.22. The normalized spacial score (nSPS) is 12.6. The minimum Gasteiger partial charge on any atom is -0.240 e. The summed E-state index contributed by atoms with van der Waals surface area (Å²) >= 11 is 7.38. The highest BCUT2D eigenvalue weighted by Crippen LogP contribution is 2.25. The number of alkyl halides is 1. The van der Waals surface area contributed by atoms with E-state index in [0.29, 0.717) is 11.8 Å². The number of aromatic nitrogens is 1. The van der Waals surface area contributed by atoms with Crippen molar-refractivity contribution in [3.05, 3.63) is 40.2 Å². The second-order valence-corrected chi connectivity index (χ2v) is 5.40. The van der Waals surface area contributed by atoms with Gasteiger partial charge in [-0.3, -0.25) is 0 Å². The number of halogens is 1. The molecule has 1 unspecified atom stereocenters. The summed E-state index contributed by atoms with van der Waals surface area (Å²) in [7, 11) is 0. The molecule has 0 aliphatic carbocycles. The molecule has 1 heterocycles. The molecule has 1 nitrogen and oxygen atoms in total. The summed E-state index contributed by atoms with van der Waals surface area (Å²) in [5, 5.41) is 3.04. The first-order valence-corrected chi connectivity index (χ1v) is 7.26. The zero-order valence-electron chi connectivity index (χ0n) is 10.1. The Morgan fingerprint density at radius 2 is 2.00 bits per heavy atom. The Kier molecular flexibility index (Phi) is 4.19. The highest BCUT2D eigenvalue weighted by Gasteiger charge is 2.06. The van der Waals surface area contributed by atoms with E-state index < -0.39 is 0 Å². The van der Waals surface area contributed by atoms with Crippen molar-refractivity contribution >= 4 is 22.9 Å². The molecule has 1 atom stereocenters. The lowest BCUT2D eigenvalue weighted by atomic mass is 9.97. The zero-order valence-corrected chi connectivity index (χ0v) is 11.7. The molecule has 1 aromatic carbocycles. The monoisotopic (exact) mass is 265 g/mol. The van der Waals surface area contributed by atoms with Gasteiger partial charge in [0.15, 0.2) is 0 Å². The molecular formula is C14H16ClNS. The van der Waals surface area contributed by atoms with Crippen LogP contribution in [0.1, 0.15) is 36.8 Å². The molecule has 0 saturated carbocycles. The van der Waals surface area contributed by atoms with E-state index in [9.17, 15) is 0 Å². The van der Waals surface area contributed by atoms with Gasteiger partial charge in [0.05, 0.1) is 11.6 Å². The molecule has 0 fully saturated rings. The highest BCUT2D eigenvalue weighted by atomic mass is 35.5. The number of hydrogen-bond donors (Lipinski definition) is 0. The van der Waals surface area contributed by atoms with Gasteiger partial charge in [-0.2, -0.15) is 0 Å². The van der Waals surface area contributed by atoms with Crippen molar-refractivity contribution < 1.29 is 0 Å². The van der Waals surface area contributed by atoms with E-state index in [0.717, 1.165) is 10.7 Å². The van der Waals surface area contributed by atoms with Crippen LogP contribution in [0.2, 0.25) is 0 Å². The number of rotatable bonds is 4. The maximum absolute atomic E-state index is 5.76. The summed E-state index contributed by atoms with van der Waals surface area (Å²) in [6, 6.07) is 8.69. The number of benzene rings is 1. The van der Waals surface area contributed by atoms with E-state index in [1.807, 2.05) is 0 Å². The topological polar surface area (TPSA) is 12.9 Å². The summed E-state index contributed by atoms with van der Waals surface area (Å²) in [6.45, 7) is 4.47. The third-order valence-corrected chi connectivity index (χ3v) is 4.31. The van der Waals surface area contributed by atoms with Gasteiger partial charge in [-0.25, -0.2) is 4.98 Å². The molecule has 0 amide bonds. The Hall–Kier alpha value is -0.860. The molecule has 0 bridgehead atoms. The van der Waals surface area contributed by atoms with Crippen molar-refractivity contribution in [1.82, 2.24) is 4.98 Å². The van der Waals surface area contributed by atoms with E-state index in [4.69, 9.17) is 11.6 Å². The van der Waals surface area contributed by atoms with Gasteiger partial charge < -0.3 is 0 Å². The molecule has 1 aromatic heterocycles. The zero-order chi connectivity index (χ0) is 12.3. The second kappa shape index (κ2) is 5.65. The molecule has 3 heteroatoms. The predicted molar refractivity (Wildman–Crippen MR) is 75.8 cm³/mol. The minimum absolute atomic E-state index is 0.496. The Morgan fingerprint density at radius 1 is 1.29 bits per heavy atom. The van der Waals surface area contributed by atoms with Crippen LogP contribution in [0.5, 0.6) is 0 Å². The van der Waals surface area contributed by atoms with E-state index in [2.05, 4.69) is 48.5 Å². The van der Waals surface area contributed by atoms with Crippen molar-refractivity contribution in [2.24, 2.45) is 0 Å². The fourth-order valence-corrected chi connectivity index (χ4v) is 2.62. The van der Waals surface area contributed by atoms with Gasteiger partial charge >= 0.3 is 0 Å².